The lowest BCUT2D eigenvalue weighted by atomic mass is 10.1. The SMILES string of the molecule is CC(=O)N1CCCC1C(=O)Nc1cc(N)ccc1C.Cl. The molecule has 0 aromatic heterocycles. The Morgan fingerprint density at radius 1 is 1.40 bits per heavy atom. The number of hydrogen-bond donors (Lipinski definition) is 2. The van der Waals surface area contributed by atoms with Crippen LogP contribution in [-0.2, 0) is 9.59 Å². The van der Waals surface area contributed by atoms with Gasteiger partial charge >= 0.3 is 0 Å². The molecule has 1 atom stereocenters. The first kappa shape index (κ1) is 16.3. The number of hydrogen-bond acceptors (Lipinski definition) is 3. The van der Waals surface area contributed by atoms with Gasteiger partial charge in [-0.25, -0.2) is 0 Å². The molecule has 6 heteroatoms. The van der Waals surface area contributed by atoms with E-state index in [0.29, 0.717) is 24.3 Å². The Kier molecular flexibility index (Phi) is 5.39. The van der Waals surface area contributed by atoms with E-state index >= 15 is 0 Å². The monoisotopic (exact) mass is 297 g/mol. The first-order valence-electron chi connectivity index (χ1n) is 6.43. The molecule has 0 aliphatic carbocycles. The fourth-order valence-corrected chi connectivity index (χ4v) is 2.41. The Bertz CT molecular complexity index is 519. The van der Waals surface area contributed by atoms with Gasteiger partial charge in [0.25, 0.3) is 0 Å². The Labute approximate surface area is 124 Å². The van der Waals surface area contributed by atoms with E-state index in [-0.39, 0.29) is 30.3 Å². The van der Waals surface area contributed by atoms with E-state index in [4.69, 9.17) is 5.73 Å². The lowest BCUT2D eigenvalue weighted by molar-refractivity contribution is -0.134. The van der Waals surface area contributed by atoms with E-state index in [1.807, 2.05) is 13.0 Å². The summed E-state index contributed by atoms with van der Waals surface area (Å²) in [7, 11) is 0. The highest BCUT2D eigenvalue weighted by Crippen LogP contribution is 2.22. The van der Waals surface area contributed by atoms with Crippen molar-refractivity contribution in [2.45, 2.75) is 32.7 Å². The van der Waals surface area contributed by atoms with Crippen LogP contribution in [0.2, 0.25) is 0 Å². The van der Waals surface area contributed by atoms with Crippen LogP contribution in [0.15, 0.2) is 18.2 Å². The normalized spacial score (nSPS) is 17.5. The molecule has 2 rings (SSSR count). The number of benzene rings is 1. The highest BCUT2D eigenvalue weighted by Gasteiger charge is 2.32. The molecule has 0 bridgehead atoms. The third kappa shape index (κ3) is 3.42. The van der Waals surface area contributed by atoms with Crippen molar-refractivity contribution in [3.05, 3.63) is 23.8 Å². The number of aryl methyl sites for hydroxylation is 1. The van der Waals surface area contributed by atoms with Gasteiger partial charge in [0.05, 0.1) is 0 Å². The van der Waals surface area contributed by atoms with Gasteiger partial charge in [-0.1, -0.05) is 6.07 Å². The van der Waals surface area contributed by atoms with Gasteiger partial charge in [-0.15, -0.1) is 12.4 Å². The largest absolute Gasteiger partial charge is 0.399 e. The van der Waals surface area contributed by atoms with Gasteiger partial charge in [0.2, 0.25) is 11.8 Å². The van der Waals surface area contributed by atoms with E-state index in [9.17, 15) is 9.59 Å². The first-order chi connectivity index (χ1) is 8.99. The molecule has 0 radical (unpaired) electrons. The van der Waals surface area contributed by atoms with Crippen molar-refractivity contribution in [3.63, 3.8) is 0 Å². The lowest BCUT2D eigenvalue weighted by Crippen LogP contribution is -2.42. The van der Waals surface area contributed by atoms with Crippen LogP contribution in [0.25, 0.3) is 0 Å². The minimum absolute atomic E-state index is 0. The summed E-state index contributed by atoms with van der Waals surface area (Å²) < 4.78 is 0. The standard InChI is InChI=1S/C14H19N3O2.ClH/c1-9-5-6-11(15)8-12(9)16-14(19)13-4-3-7-17(13)10(2)18;/h5-6,8,13H,3-4,7,15H2,1-2H3,(H,16,19);1H. The van der Waals surface area contributed by atoms with Crippen molar-refractivity contribution >= 4 is 35.6 Å². The molecule has 0 spiro atoms. The third-order valence-corrected chi connectivity index (χ3v) is 3.48. The molecule has 0 saturated carbocycles. The van der Waals surface area contributed by atoms with Crippen LogP contribution < -0.4 is 11.1 Å². The number of rotatable bonds is 2. The van der Waals surface area contributed by atoms with E-state index in [1.165, 1.54) is 6.92 Å². The van der Waals surface area contributed by atoms with Gasteiger partial charge in [0.1, 0.15) is 6.04 Å². The number of anilines is 2. The Balaban J connectivity index is 0.00000200. The fraction of sp³-hybridized carbons (Fsp3) is 0.429. The summed E-state index contributed by atoms with van der Waals surface area (Å²) in [6.45, 7) is 4.06. The maximum atomic E-state index is 12.2. The van der Waals surface area contributed by atoms with Gasteiger partial charge < -0.3 is 16.0 Å². The molecule has 1 saturated heterocycles. The van der Waals surface area contributed by atoms with Gasteiger partial charge in [0.15, 0.2) is 0 Å². The minimum Gasteiger partial charge on any atom is -0.399 e. The average molecular weight is 298 g/mol. The van der Waals surface area contributed by atoms with Crippen LogP contribution >= 0.6 is 12.4 Å². The summed E-state index contributed by atoms with van der Waals surface area (Å²) in [5.41, 5.74) is 7.99. The number of nitrogens with zero attached hydrogens (tertiary/aromatic N) is 1. The summed E-state index contributed by atoms with van der Waals surface area (Å²) in [6, 6.07) is 5.03. The van der Waals surface area contributed by atoms with E-state index in [2.05, 4.69) is 5.32 Å². The predicted octanol–water partition coefficient (Wildman–Crippen LogP) is 1.95. The molecular weight excluding hydrogens is 278 g/mol. The van der Waals surface area contributed by atoms with E-state index in [0.717, 1.165) is 12.0 Å². The van der Waals surface area contributed by atoms with E-state index in [1.54, 1.807) is 17.0 Å². The molecule has 1 heterocycles. The van der Waals surface area contributed by atoms with Crippen LogP contribution in [0.5, 0.6) is 0 Å². The zero-order valence-electron chi connectivity index (χ0n) is 11.7. The molecule has 1 aromatic carbocycles. The zero-order valence-corrected chi connectivity index (χ0v) is 12.5. The maximum absolute atomic E-state index is 12.2. The number of nitrogens with one attached hydrogen (secondary N) is 1. The molecule has 110 valence electrons. The van der Waals surface area contributed by atoms with Crippen LogP contribution in [0.1, 0.15) is 25.3 Å². The van der Waals surface area contributed by atoms with Crippen LogP contribution in [-0.4, -0.2) is 29.3 Å². The predicted molar refractivity (Wildman–Crippen MR) is 81.9 cm³/mol. The summed E-state index contributed by atoms with van der Waals surface area (Å²) in [6.07, 6.45) is 1.58. The summed E-state index contributed by atoms with van der Waals surface area (Å²) in [5, 5.41) is 2.86. The zero-order chi connectivity index (χ0) is 14.0. The fourth-order valence-electron chi connectivity index (χ4n) is 2.41. The van der Waals surface area contributed by atoms with Crippen LogP contribution in [0.4, 0.5) is 11.4 Å². The topological polar surface area (TPSA) is 75.4 Å². The van der Waals surface area contributed by atoms with E-state index < -0.39 is 0 Å². The summed E-state index contributed by atoms with van der Waals surface area (Å²) >= 11 is 0. The van der Waals surface area contributed by atoms with Gasteiger partial charge in [-0.3, -0.25) is 9.59 Å². The molecule has 20 heavy (non-hydrogen) atoms. The quantitative estimate of drug-likeness (QED) is 0.819. The third-order valence-electron chi connectivity index (χ3n) is 3.48. The number of amides is 2. The van der Waals surface area contributed by atoms with Crippen molar-refractivity contribution in [2.24, 2.45) is 0 Å². The van der Waals surface area contributed by atoms with Crippen LogP contribution in [0, 0.1) is 6.92 Å². The second kappa shape index (κ2) is 6.61. The Morgan fingerprint density at radius 2 is 2.10 bits per heavy atom. The molecular formula is C14H20ClN3O2. The Morgan fingerprint density at radius 3 is 2.75 bits per heavy atom. The molecule has 1 aliphatic rings. The van der Waals surface area contributed by atoms with Crippen molar-refractivity contribution in [1.29, 1.82) is 0 Å². The van der Waals surface area contributed by atoms with Crippen molar-refractivity contribution in [3.8, 4) is 0 Å². The van der Waals surface area contributed by atoms with Gasteiger partial charge in [0, 0.05) is 24.8 Å². The average Bonchev–Trinajstić information content (AvgIpc) is 2.83. The highest BCUT2D eigenvalue weighted by atomic mass is 35.5. The molecule has 5 nitrogen and oxygen atoms in total. The minimum atomic E-state index is -0.363. The molecule has 2 amide bonds. The van der Waals surface area contributed by atoms with Gasteiger partial charge in [-0.2, -0.15) is 0 Å². The summed E-state index contributed by atoms with van der Waals surface area (Å²) in [4.78, 5) is 25.3. The summed E-state index contributed by atoms with van der Waals surface area (Å²) in [5.74, 6) is -0.191. The van der Waals surface area contributed by atoms with Crippen LogP contribution in [0.3, 0.4) is 0 Å². The second-order valence-corrected chi connectivity index (χ2v) is 4.93. The molecule has 1 aliphatic heterocycles. The molecule has 1 aromatic rings. The lowest BCUT2D eigenvalue weighted by Gasteiger charge is -2.22. The number of likely N-dealkylation sites (tertiary alicyclic amines) is 1. The molecule has 3 N–H and O–H groups in total. The maximum Gasteiger partial charge on any atom is 0.247 e. The van der Waals surface area contributed by atoms with Crippen molar-refractivity contribution in [2.75, 3.05) is 17.6 Å². The van der Waals surface area contributed by atoms with Crippen molar-refractivity contribution in [1.82, 2.24) is 4.90 Å². The first-order valence-corrected chi connectivity index (χ1v) is 6.43. The molecule has 1 unspecified atom stereocenters. The smallest absolute Gasteiger partial charge is 0.247 e. The second-order valence-electron chi connectivity index (χ2n) is 4.93. The number of nitrogens with two attached hydrogens (primary N) is 1. The Hall–Kier alpha value is -1.75. The van der Waals surface area contributed by atoms with Crippen molar-refractivity contribution < 1.29 is 9.59 Å². The molecule has 1 fully saturated rings. The highest BCUT2D eigenvalue weighted by molar-refractivity contribution is 5.98. The van der Waals surface area contributed by atoms with Gasteiger partial charge in [-0.05, 0) is 37.5 Å². The number of nitrogen functional groups attached to an aromatic ring is 1. The number of carbonyl (C=O) groups excluding carboxylic acids is 2. The number of carbonyl (C=O) groups is 2. The number of halogens is 1.